The van der Waals surface area contributed by atoms with Gasteiger partial charge in [0.05, 0.1) is 0 Å². The molecule has 1 unspecified atom stereocenters. The molecule has 5 heteroatoms. The number of thioether (sulfide) groups is 1. The quantitative estimate of drug-likeness (QED) is 0.560. The van der Waals surface area contributed by atoms with Crippen molar-refractivity contribution < 1.29 is 9.59 Å². The number of rotatable bonds is 11. The zero-order valence-electron chi connectivity index (χ0n) is 14.4. The summed E-state index contributed by atoms with van der Waals surface area (Å²) in [5.41, 5.74) is 5.40. The van der Waals surface area contributed by atoms with Crippen LogP contribution in [0.5, 0.6) is 0 Å². The third kappa shape index (κ3) is 5.27. The van der Waals surface area contributed by atoms with Crippen LogP contribution in [0.1, 0.15) is 85.0 Å². The molecular weight excluding hydrogens is 296 g/mol. The second kappa shape index (κ2) is 9.56. The van der Waals surface area contributed by atoms with E-state index >= 15 is 0 Å². The Morgan fingerprint density at radius 3 is 1.86 bits per heavy atom. The van der Waals surface area contributed by atoms with E-state index in [1.54, 1.807) is 0 Å². The average molecular weight is 329 g/mol. The monoisotopic (exact) mass is 328 g/mol. The minimum atomic E-state index is -0.710. The van der Waals surface area contributed by atoms with Crippen molar-refractivity contribution in [2.45, 2.75) is 95.9 Å². The number of unbranched alkanes of at least 4 members (excludes halogenated alkanes) is 6. The van der Waals surface area contributed by atoms with Crippen molar-refractivity contribution in [3.05, 3.63) is 0 Å². The number of imide groups is 1. The lowest BCUT2D eigenvalue weighted by atomic mass is 9.86. The first-order valence-corrected chi connectivity index (χ1v) is 9.64. The molecule has 0 aromatic carbocycles. The van der Waals surface area contributed by atoms with Crippen LogP contribution in [0.25, 0.3) is 0 Å². The van der Waals surface area contributed by atoms with E-state index in [0.717, 1.165) is 50.3 Å². The molecule has 2 N–H and O–H groups in total. The number of nitrogens with zero attached hydrogens (tertiary/aromatic N) is 1. The van der Waals surface area contributed by atoms with Gasteiger partial charge < -0.3 is 5.73 Å². The lowest BCUT2D eigenvalue weighted by Crippen LogP contribution is -2.50. The Morgan fingerprint density at radius 1 is 1.00 bits per heavy atom. The molecule has 0 aliphatic carbocycles. The standard InChI is InChI=1S/C17H32N2O2S/c1-4-6-8-10-12-17(3,13-11-9-7-5-2)19-15(20)14(18)22-16(19)21/h14H,4-13,18H2,1-3H3. The highest BCUT2D eigenvalue weighted by Gasteiger charge is 2.46. The first-order chi connectivity index (χ1) is 10.5. The van der Waals surface area contributed by atoms with Gasteiger partial charge in [-0.2, -0.15) is 0 Å². The lowest BCUT2D eigenvalue weighted by Gasteiger charge is -2.37. The number of nitrogens with two attached hydrogens (primary N) is 1. The first-order valence-electron chi connectivity index (χ1n) is 8.76. The average Bonchev–Trinajstić information content (AvgIpc) is 2.74. The molecule has 128 valence electrons. The molecule has 1 aliphatic heterocycles. The van der Waals surface area contributed by atoms with Gasteiger partial charge in [-0.15, -0.1) is 0 Å². The smallest absolute Gasteiger partial charge is 0.290 e. The van der Waals surface area contributed by atoms with Crippen molar-refractivity contribution in [2.24, 2.45) is 5.73 Å². The Bertz CT molecular complexity index is 362. The van der Waals surface area contributed by atoms with E-state index in [9.17, 15) is 9.59 Å². The molecule has 1 atom stereocenters. The molecule has 22 heavy (non-hydrogen) atoms. The summed E-state index contributed by atoms with van der Waals surface area (Å²) in [6, 6.07) is 0. The summed E-state index contributed by atoms with van der Waals surface area (Å²) in [5, 5.41) is -0.871. The molecule has 0 spiro atoms. The first kappa shape index (κ1) is 19.5. The number of hydrogen-bond acceptors (Lipinski definition) is 4. The van der Waals surface area contributed by atoms with Gasteiger partial charge in [0.1, 0.15) is 5.37 Å². The highest BCUT2D eigenvalue weighted by atomic mass is 32.2. The zero-order valence-corrected chi connectivity index (χ0v) is 15.2. The van der Waals surface area contributed by atoms with Crippen LogP contribution in [0, 0.1) is 0 Å². The van der Waals surface area contributed by atoms with Gasteiger partial charge in [-0.3, -0.25) is 14.5 Å². The molecule has 0 saturated carbocycles. The second-order valence-electron chi connectivity index (χ2n) is 6.60. The van der Waals surface area contributed by atoms with E-state index in [0.29, 0.717) is 0 Å². The predicted octanol–water partition coefficient (Wildman–Crippen LogP) is 4.67. The summed E-state index contributed by atoms with van der Waals surface area (Å²) in [4.78, 5) is 26.0. The van der Waals surface area contributed by atoms with Crippen LogP contribution in [0.4, 0.5) is 4.79 Å². The minimum Gasteiger partial charge on any atom is -0.311 e. The van der Waals surface area contributed by atoms with Crippen molar-refractivity contribution >= 4 is 22.9 Å². The topological polar surface area (TPSA) is 63.4 Å². The van der Waals surface area contributed by atoms with Crippen molar-refractivity contribution in [1.29, 1.82) is 0 Å². The van der Waals surface area contributed by atoms with Crippen LogP contribution < -0.4 is 5.73 Å². The van der Waals surface area contributed by atoms with Crippen LogP contribution in [0.15, 0.2) is 0 Å². The highest BCUT2D eigenvalue weighted by molar-refractivity contribution is 8.15. The largest absolute Gasteiger partial charge is 0.311 e. The summed E-state index contributed by atoms with van der Waals surface area (Å²) < 4.78 is 0. The molecule has 0 bridgehead atoms. The molecule has 1 rings (SSSR count). The van der Waals surface area contributed by atoms with Crippen molar-refractivity contribution in [3.63, 3.8) is 0 Å². The summed E-state index contributed by atoms with van der Waals surface area (Å²) in [7, 11) is 0. The normalized spacial score (nSPS) is 19.3. The van der Waals surface area contributed by atoms with Gasteiger partial charge >= 0.3 is 0 Å². The van der Waals surface area contributed by atoms with E-state index in [2.05, 4.69) is 20.8 Å². The molecule has 1 saturated heterocycles. The fourth-order valence-corrected chi connectivity index (χ4v) is 3.97. The highest BCUT2D eigenvalue weighted by Crippen LogP contribution is 2.37. The van der Waals surface area contributed by atoms with Gasteiger partial charge in [-0.1, -0.05) is 65.2 Å². The molecule has 1 aliphatic rings. The molecular formula is C17H32N2O2S. The van der Waals surface area contributed by atoms with Crippen LogP contribution in [-0.4, -0.2) is 27.0 Å². The van der Waals surface area contributed by atoms with E-state index in [1.807, 2.05) is 0 Å². The van der Waals surface area contributed by atoms with Gasteiger partial charge in [0, 0.05) is 5.54 Å². The van der Waals surface area contributed by atoms with Crippen LogP contribution in [0.2, 0.25) is 0 Å². The van der Waals surface area contributed by atoms with Crippen molar-refractivity contribution in [2.75, 3.05) is 0 Å². The minimum absolute atomic E-state index is 0.161. The van der Waals surface area contributed by atoms with Gasteiger partial charge in [-0.05, 0) is 31.5 Å². The second-order valence-corrected chi connectivity index (χ2v) is 7.69. The Balaban J connectivity index is 2.71. The van der Waals surface area contributed by atoms with Gasteiger partial charge in [0.2, 0.25) is 0 Å². The lowest BCUT2D eigenvalue weighted by molar-refractivity contribution is -0.131. The fraction of sp³-hybridized carbons (Fsp3) is 0.882. The van der Waals surface area contributed by atoms with Crippen molar-refractivity contribution in [3.8, 4) is 0 Å². The molecule has 0 aromatic heterocycles. The Kier molecular flexibility index (Phi) is 8.47. The predicted molar refractivity (Wildman–Crippen MR) is 93.7 cm³/mol. The van der Waals surface area contributed by atoms with Crippen LogP contribution in [-0.2, 0) is 4.79 Å². The van der Waals surface area contributed by atoms with Gasteiger partial charge in [-0.25, -0.2) is 0 Å². The molecule has 2 amide bonds. The Hall–Kier alpha value is -0.550. The van der Waals surface area contributed by atoms with E-state index < -0.39 is 5.37 Å². The molecule has 4 nitrogen and oxygen atoms in total. The van der Waals surface area contributed by atoms with E-state index in [1.165, 1.54) is 30.6 Å². The summed E-state index contributed by atoms with van der Waals surface area (Å²) in [6.07, 6.45) is 11.0. The Morgan fingerprint density at radius 2 is 1.50 bits per heavy atom. The van der Waals surface area contributed by atoms with Gasteiger partial charge in [0.15, 0.2) is 0 Å². The van der Waals surface area contributed by atoms with Crippen molar-refractivity contribution in [1.82, 2.24) is 4.90 Å². The van der Waals surface area contributed by atoms with E-state index in [4.69, 9.17) is 5.73 Å². The summed E-state index contributed by atoms with van der Waals surface area (Å²) >= 11 is 0.966. The molecule has 1 fully saturated rings. The number of carbonyl (C=O) groups is 2. The summed E-state index contributed by atoms with van der Waals surface area (Å²) in [5.74, 6) is -0.205. The molecule has 1 heterocycles. The van der Waals surface area contributed by atoms with E-state index in [-0.39, 0.29) is 16.7 Å². The Labute approximate surface area is 139 Å². The maximum atomic E-state index is 12.3. The summed E-state index contributed by atoms with van der Waals surface area (Å²) in [6.45, 7) is 6.44. The van der Waals surface area contributed by atoms with Crippen LogP contribution >= 0.6 is 11.8 Å². The number of amides is 2. The molecule has 0 aromatic rings. The third-order valence-electron chi connectivity index (χ3n) is 4.55. The fourth-order valence-electron chi connectivity index (χ4n) is 3.13. The zero-order chi connectivity index (χ0) is 16.6. The third-order valence-corrected chi connectivity index (χ3v) is 5.39. The maximum absolute atomic E-state index is 12.3. The van der Waals surface area contributed by atoms with Gasteiger partial charge in [0.25, 0.3) is 11.1 Å². The molecule has 0 radical (unpaired) electrons. The number of carbonyl (C=O) groups excluding carboxylic acids is 2. The SMILES string of the molecule is CCCCCCC(C)(CCCCCC)N1C(=O)SC(N)C1=O. The number of hydrogen-bond donors (Lipinski definition) is 1. The maximum Gasteiger partial charge on any atom is 0.290 e. The van der Waals surface area contributed by atoms with Crippen LogP contribution in [0.3, 0.4) is 0 Å².